The topological polar surface area (TPSA) is 43.5 Å². The first-order chi connectivity index (χ1) is 9.40. The molecular weight excluding hydrogens is 244 g/mol. The lowest BCUT2D eigenvalue weighted by Gasteiger charge is -2.13. The highest BCUT2D eigenvalue weighted by Crippen LogP contribution is 2.14. The van der Waals surface area contributed by atoms with Crippen molar-refractivity contribution >= 4 is 6.08 Å². The predicted octanol–water partition coefficient (Wildman–Crippen LogP) is 1.86. The maximum Gasteiger partial charge on any atom is 0.177 e. The molecule has 4 heteroatoms. The molecule has 0 spiro atoms. The molecular formula is C15H18O4. The molecule has 0 amide bonds. The average molecular weight is 262 g/mol. The third-order valence-corrected chi connectivity index (χ3v) is 2.94. The van der Waals surface area contributed by atoms with Crippen molar-refractivity contribution in [3.8, 4) is 0 Å². The van der Waals surface area contributed by atoms with Gasteiger partial charge in [0.1, 0.15) is 12.2 Å². The summed E-state index contributed by atoms with van der Waals surface area (Å²) in [5, 5.41) is 0. The van der Waals surface area contributed by atoms with E-state index in [4.69, 9.17) is 18.9 Å². The first-order valence-electron chi connectivity index (χ1n) is 6.60. The molecule has 1 aromatic rings. The summed E-state index contributed by atoms with van der Waals surface area (Å²) in [6.45, 7) is 2.74. The van der Waals surface area contributed by atoms with Crippen LogP contribution in [0.2, 0.25) is 0 Å². The monoisotopic (exact) mass is 262 g/mol. The first kappa shape index (κ1) is 12.8. The zero-order valence-electron chi connectivity index (χ0n) is 10.7. The van der Waals surface area contributed by atoms with Crippen molar-refractivity contribution in [2.24, 2.45) is 0 Å². The second-order valence-electron chi connectivity index (χ2n) is 4.72. The summed E-state index contributed by atoms with van der Waals surface area (Å²) in [6, 6.07) is 10.1. The number of benzene rings is 1. The molecule has 2 aliphatic rings. The van der Waals surface area contributed by atoms with E-state index >= 15 is 0 Å². The molecule has 2 atom stereocenters. The zero-order valence-corrected chi connectivity index (χ0v) is 10.7. The molecule has 0 aliphatic carbocycles. The van der Waals surface area contributed by atoms with Crippen LogP contribution in [0.5, 0.6) is 0 Å². The van der Waals surface area contributed by atoms with E-state index in [0.29, 0.717) is 13.2 Å². The van der Waals surface area contributed by atoms with Gasteiger partial charge in [0.05, 0.1) is 26.4 Å². The number of hydrogen-bond acceptors (Lipinski definition) is 4. The van der Waals surface area contributed by atoms with Gasteiger partial charge in [-0.3, -0.25) is 0 Å². The molecule has 0 aromatic heterocycles. The largest absolute Gasteiger partial charge is 0.371 e. The smallest absolute Gasteiger partial charge is 0.177 e. The second kappa shape index (κ2) is 6.30. The quantitative estimate of drug-likeness (QED) is 0.530. The van der Waals surface area contributed by atoms with E-state index in [1.54, 1.807) is 0 Å². The third kappa shape index (κ3) is 4.76. The van der Waals surface area contributed by atoms with E-state index in [2.05, 4.69) is 0 Å². The Morgan fingerprint density at radius 1 is 1.05 bits per heavy atom. The molecule has 0 saturated carbocycles. The maximum atomic E-state index is 5.68. The van der Waals surface area contributed by atoms with Gasteiger partial charge in [0.15, 0.2) is 6.29 Å². The summed E-state index contributed by atoms with van der Waals surface area (Å²) in [4.78, 5) is 0. The molecule has 0 radical (unpaired) electrons. The molecule has 2 saturated heterocycles. The van der Waals surface area contributed by atoms with Gasteiger partial charge < -0.3 is 18.9 Å². The molecule has 2 unspecified atom stereocenters. The third-order valence-electron chi connectivity index (χ3n) is 2.94. The molecule has 102 valence electrons. The van der Waals surface area contributed by atoms with E-state index < -0.39 is 0 Å². The van der Waals surface area contributed by atoms with Gasteiger partial charge in [0, 0.05) is 0 Å². The molecule has 4 nitrogen and oxygen atoms in total. The standard InChI is InChI=1S/C15H18O4/c1-2-4-12(5-3-1)6-7-15(18-10-13-8-16-13)19-11-14-9-17-14/h1-7,13-15H,8-11H2/b7-6+. The predicted molar refractivity (Wildman–Crippen MR) is 70.6 cm³/mol. The molecule has 1 aromatic carbocycles. The fraction of sp³-hybridized carbons (Fsp3) is 0.467. The van der Waals surface area contributed by atoms with Crippen LogP contribution in [0, 0.1) is 0 Å². The van der Waals surface area contributed by atoms with Gasteiger partial charge in [-0.1, -0.05) is 36.4 Å². The Bertz CT molecular complexity index is 393. The fourth-order valence-electron chi connectivity index (χ4n) is 1.65. The highest BCUT2D eigenvalue weighted by Gasteiger charge is 2.26. The van der Waals surface area contributed by atoms with E-state index in [1.165, 1.54) is 0 Å². The van der Waals surface area contributed by atoms with Crippen LogP contribution in [-0.2, 0) is 18.9 Å². The molecule has 3 rings (SSSR count). The summed E-state index contributed by atoms with van der Waals surface area (Å²) in [5.41, 5.74) is 1.13. The van der Waals surface area contributed by atoms with E-state index in [-0.39, 0.29) is 18.5 Å². The Morgan fingerprint density at radius 2 is 1.63 bits per heavy atom. The van der Waals surface area contributed by atoms with Crippen molar-refractivity contribution < 1.29 is 18.9 Å². The van der Waals surface area contributed by atoms with Crippen molar-refractivity contribution in [3.05, 3.63) is 42.0 Å². The van der Waals surface area contributed by atoms with Gasteiger partial charge in [-0.05, 0) is 11.6 Å². The van der Waals surface area contributed by atoms with Crippen molar-refractivity contribution in [1.29, 1.82) is 0 Å². The SMILES string of the molecule is C(=C\C(OCC1CO1)OCC1CO1)/c1ccccc1. The van der Waals surface area contributed by atoms with Gasteiger partial charge in [0.25, 0.3) is 0 Å². The van der Waals surface area contributed by atoms with Crippen molar-refractivity contribution in [1.82, 2.24) is 0 Å². The zero-order chi connectivity index (χ0) is 12.9. The van der Waals surface area contributed by atoms with Crippen LogP contribution in [0.4, 0.5) is 0 Å². The summed E-state index contributed by atoms with van der Waals surface area (Å²) in [7, 11) is 0. The molecule has 2 fully saturated rings. The average Bonchev–Trinajstić information content (AvgIpc) is 3.33. The van der Waals surface area contributed by atoms with Crippen molar-refractivity contribution in [3.63, 3.8) is 0 Å². The molecule has 0 N–H and O–H groups in total. The van der Waals surface area contributed by atoms with Gasteiger partial charge >= 0.3 is 0 Å². The van der Waals surface area contributed by atoms with Crippen LogP contribution in [-0.4, -0.2) is 44.9 Å². The number of hydrogen-bond donors (Lipinski definition) is 0. The van der Waals surface area contributed by atoms with Gasteiger partial charge in [-0.15, -0.1) is 0 Å². The van der Waals surface area contributed by atoms with Crippen LogP contribution in [0.15, 0.2) is 36.4 Å². The van der Waals surface area contributed by atoms with E-state index in [1.807, 2.05) is 42.5 Å². The van der Waals surface area contributed by atoms with Crippen molar-refractivity contribution in [2.75, 3.05) is 26.4 Å². The number of ether oxygens (including phenoxy) is 4. The van der Waals surface area contributed by atoms with Gasteiger partial charge in [0.2, 0.25) is 0 Å². The Labute approximate surface area is 112 Å². The Balaban J connectivity index is 1.51. The van der Waals surface area contributed by atoms with Crippen LogP contribution >= 0.6 is 0 Å². The Kier molecular flexibility index (Phi) is 4.25. The highest BCUT2D eigenvalue weighted by molar-refractivity contribution is 5.48. The molecule has 2 aliphatic heterocycles. The van der Waals surface area contributed by atoms with Crippen LogP contribution in [0.1, 0.15) is 5.56 Å². The van der Waals surface area contributed by atoms with Crippen LogP contribution < -0.4 is 0 Å². The molecule has 0 bridgehead atoms. The highest BCUT2D eigenvalue weighted by atomic mass is 16.7. The lowest BCUT2D eigenvalue weighted by Crippen LogP contribution is -2.19. The molecule has 19 heavy (non-hydrogen) atoms. The number of epoxide rings is 2. The summed E-state index contributed by atoms with van der Waals surface area (Å²) in [6.07, 6.45) is 4.09. The lowest BCUT2D eigenvalue weighted by molar-refractivity contribution is -0.116. The minimum Gasteiger partial charge on any atom is -0.371 e. The Morgan fingerprint density at radius 3 is 2.16 bits per heavy atom. The molecule has 2 heterocycles. The van der Waals surface area contributed by atoms with Gasteiger partial charge in [-0.25, -0.2) is 0 Å². The van der Waals surface area contributed by atoms with E-state index in [9.17, 15) is 0 Å². The summed E-state index contributed by atoms with van der Waals surface area (Å²) >= 11 is 0. The lowest BCUT2D eigenvalue weighted by atomic mass is 10.2. The van der Waals surface area contributed by atoms with Crippen molar-refractivity contribution in [2.45, 2.75) is 18.5 Å². The van der Waals surface area contributed by atoms with Crippen LogP contribution in [0.3, 0.4) is 0 Å². The minimum atomic E-state index is -0.339. The van der Waals surface area contributed by atoms with Gasteiger partial charge in [-0.2, -0.15) is 0 Å². The normalized spacial score (nSPS) is 26.5. The summed E-state index contributed by atoms with van der Waals surface area (Å²) < 4.78 is 21.6. The fourth-order valence-corrected chi connectivity index (χ4v) is 1.65. The van der Waals surface area contributed by atoms with E-state index in [0.717, 1.165) is 18.8 Å². The van der Waals surface area contributed by atoms with Crippen LogP contribution in [0.25, 0.3) is 6.08 Å². The number of rotatable bonds is 8. The first-order valence-corrected chi connectivity index (χ1v) is 6.60. The minimum absolute atomic E-state index is 0.244. The summed E-state index contributed by atoms with van der Waals surface area (Å²) in [5.74, 6) is 0. The maximum absolute atomic E-state index is 5.68. The second-order valence-corrected chi connectivity index (χ2v) is 4.72. The Hall–Kier alpha value is -1.20.